The van der Waals surface area contributed by atoms with E-state index in [1.807, 2.05) is 44.7 Å². The van der Waals surface area contributed by atoms with Gasteiger partial charge in [-0.1, -0.05) is 6.92 Å². The maximum Gasteiger partial charge on any atom is 0.306 e. The van der Waals surface area contributed by atoms with Gasteiger partial charge in [0, 0.05) is 36.6 Å². The maximum absolute atomic E-state index is 13.9. The summed E-state index contributed by atoms with van der Waals surface area (Å²) in [7, 11) is 0. The van der Waals surface area contributed by atoms with Crippen molar-refractivity contribution >= 4 is 11.9 Å². The van der Waals surface area contributed by atoms with E-state index in [4.69, 9.17) is 4.74 Å². The number of amides is 1. The van der Waals surface area contributed by atoms with Gasteiger partial charge >= 0.3 is 5.97 Å². The van der Waals surface area contributed by atoms with Gasteiger partial charge < -0.3 is 9.64 Å². The minimum absolute atomic E-state index is 0.0145. The van der Waals surface area contributed by atoms with Gasteiger partial charge in [-0.05, 0) is 77.0 Å². The number of piperidine rings is 2. The fraction of sp³-hybridized carbons (Fsp3) is 0.560. The molecule has 1 saturated carbocycles. The summed E-state index contributed by atoms with van der Waals surface area (Å²) in [5.41, 5.74) is 1.29. The summed E-state index contributed by atoms with van der Waals surface area (Å²) >= 11 is 0. The van der Waals surface area contributed by atoms with E-state index in [1.54, 1.807) is 18.5 Å². The van der Waals surface area contributed by atoms with Gasteiger partial charge in [-0.2, -0.15) is 0 Å². The Hall–Kier alpha value is -2.83. The molecule has 0 unspecified atom stereocenters. The molecule has 0 aromatic carbocycles. The molecule has 0 N–H and O–H groups in total. The lowest BCUT2D eigenvalue weighted by atomic mass is 9.64. The number of hydrogen-bond donors (Lipinski definition) is 0. The van der Waals surface area contributed by atoms with Gasteiger partial charge in [-0.3, -0.25) is 9.59 Å². The SMILES string of the molecule is Cc1ccc(-c2ncccn2)c(C(=O)N2C3CC(C3)[C@@H](C)[C@H]2CCC(=O)OC(C)(C)C)n1. The van der Waals surface area contributed by atoms with Crippen molar-refractivity contribution in [1.82, 2.24) is 19.9 Å². The molecule has 5 rings (SSSR count). The lowest BCUT2D eigenvalue weighted by Crippen LogP contribution is -2.63. The van der Waals surface area contributed by atoms with Crippen molar-refractivity contribution in [1.29, 1.82) is 0 Å². The van der Waals surface area contributed by atoms with Crippen molar-refractivity contribution in [3.63, 3.8) is 0 Å². The first-order valence-electron chi connectivity index (χ1n) is 11.4. The molecule has 1 amide bonds. The molecule has 170 valence electrons. The fourth-order valence-electron chi connectivity index (χ4n) is 4.96. The predicted molar refractivity (Wildman–Crippen MR) is 121 cm³/mol. The Morgan fingerprint density at radius 3 is 2.50 bits per heavy atom. The zero-order chi connectivity index (χ0) is 23.0. The molecule has 32 heavy (non-hydrogen) atoms. The predicted octanol–water partition coefficient (Wildman–Crippen LogP) is 4.21. The molecule has 3 fully saturated rings. The first-order chi connectivity index (χ1) is 15.1. The second kappa shape index (κ2) is 8.60. The highest BCUT2D eigenvalue weighted by molar-refractivity contribution is 5.98. The molecule has 2 saturated heterocycles. The van der Waals surface area contributed by atoms with Gasteiger partial charge in [0.25, 0.3) is 5.91 Å². The van der Waals surface area contributed by atoms with E-state index < -0.39 is 5.60 Å². The maximum atomic E-state index is 13.9. The van der Waals surface area contributed by atoms with Crippen LogP contribution in [0.5, 0.6) is 0 Å². The van der Waals surface area contributed by atoms with Gasteiger partial charge in [-0.15, -0.1) is 0 Å². The summed E-state index contributed by atoms with van der Waals surface area (Å²) in [5, 5.41) is 0. The van der Waals surface area contributed by atoms with Crippen LogP contribution in [-0.2, 0) is 9.53 Å². The number of rotatable bonds is 5. The zero-order valence-corrected chi connectivity index (χ0v) is 19.5. The van der Waals surface area contributed by atoms with Crippen LogP contribution in [0.3, 0.4) is 0 Å². The Kier molecular flexibility index (Phi) is 6.01. The number of aromatic nitrogens is 3. The smallest absolute Gasteiger partial charge is 0.306 e. The quantitative estimate of drug-likeness (QED) is 0.653. The number of nitrogens with zero attached hydrogens (tertiary/aromatic N) is 4. The van der Waals surface area contributed by atoms with E-state index in [2.05, 4.69) is 21.9 Å². The fourth-order valence-corrected chi connectivity index (χ4v) is 4.96. The lowest BCUT2D eigenvalue weighted by Gasteiger charge is -2.57. The van der Waals surface area contributed by atoms with Gasteiger partial charge in [0.1, 0.15) is 11.3 Å². The molecule has 2 bridgehead atoms. The Balaban J connectivity index is 1.61. The molecular formula is C25H32N4O3. The van der Waals surface area contributed by atoms with Crippen molar-refractivity contribution in [2.75, 3.05) is 0 Å². The highest BCUT2D eigenvalue weighted by Gasteiger charge is 2.51. The average Bonchev–Trinajstić information content (AvgIpc) is 2.70. The van der Waals surface area contributed by atoms with Crippen LogP contribution in [0.15, 0.2) is 30.6 Å². The monoisotopic (exact) mass is 436 g/mol. The van der Waals surface area contributed by atoms with E-state index in [0.717, 1.165) is 18.5 Å². The summed E-state index contributed by atoms with van der Waals surface area (Å²) in [6, 6.07) is 5.68. The third-order valence-electron chi connectivity index (χ3n) is 6.59. The van der Waals surface area contributed by atoms with Gasteiger partial charge in [0.2, 0.25) is 0 Å². The number of esters is 1. The summed E-state index contributed by atoms with van der Waals surface area (Å²) < 4.78 is 5.50. The molecule has 2 aromatic heterocycles. The van der Waals surface area contributed by atoms with Crippen LogP contribution in [0.1, 0.15) is 69.6 Å². The van der Waals surface area contributed by atoms with E-state index >= 15 is 0 Å². The normalized spacial score (nSPS) is 24.6. The highest BCUT2D eigenvalue weighted by Crippen LogP contribution is 2.48. The summed E-state index contributed by atoms with van der Waals surface area (Å²) in [5.74, 6) is 1.11. The van der Waals surface area contributed by atoms with Crippen molar-refractivity contribution < 1.29 is 14.3 Å². The molecule has 7 heteroatoms. The molecule has 1 aliphatic carbocycles. The van der Waals surface area contributed by atoms with Gasteiger partial charge in [0.15, 0.2) is 5.82 Å². The first kappa shape index (κ1) is 22.4. The Labute approximate surface area is 189 Å². The lowest BCUT2D eigenvalue weighted by molar-refractivity contribution is -0.156. The van der Waals surface area contributed by atoms with Crippen molar-refractivity contribution in [2.45, 2.75) is 78.0 Å². The molecule has 0 spiro atoms. The molecule has 2 atom stereocenters. The van der Waals surface area contributed by atoms with Crippen LogP contribution >= 0.6 is 0 Å². The minimum Gasteiger partial charge on any atom is -0.460 e. The van der Waals surface area contributed by atoms with E-state index in [-0.39, 0.29) is 24.0 Å². The Bertz CT molecular complexity index is 996. The first-order valence-corrected chi connectivity index (χ1v) is 11.4. The molecule has 4 heterocycles. The Morgan fingerprint density at radius 2 is 1.84 bits per heavy atom. The Morgan fingerprint density at radius 1 is 1.16 bits per heavy atom. The summed E-state index contributed by atoms with van der Waals surface area (Å²) in [6.45, 7) is 9.69. The number of pyridine rings is 1. The number of fused-ring (bicyclic) bond motifs is 2. The van der Waals surface area contributed by atoms with Crippen molar-refractivity contribution in [3.05, 3.63) is 42.0 Å². The van der Waals surface area contributed by atoms with Crippen molar-refractivity contribution in [3.8, 4) is 11.4 Å². The van der Waals surface area contributed by atoms with Crippen LogP contribution in [0.2, 0.25) is 0 Å². The van der Waals surface area contributed by atoms with E-state index in [1.165, 1.54) is 0 Å². The molecule has 0 radical (unpaired) electrons. The molecule has 2 aromatic rings. The highest BCUT2D eigenvalue weighted by atomic mass is 16.6. The third kappa shape index (κ3) is 4.52. The average molecular weight is 437 g/mol. The number of carbonyl (C=O) groups is 2. The number of hydrogen-bond acceptors (Lipinski definition) is 6. The molecular weight excluding hydrogens is 404 g/mol. The van der Waals surface area contributed by atoms with E-state index in [0.29, 0.717) is 41.8 Å². The number of carbonyl (C=O) groups excluding carboxylic acids is 2. The number of ether oxygens (including phenoxy) is 1. The molecule has 3 aliphatic rings. The number of aryl methyl sites for hydroxylation is 1. The van der Waals surface area contributed by atoms with E-state index in [9.17, 15) is 9.59 Å². The van der Waals surface area contributed by atoms with Crippen molar-refractivity contribution in [2.24, 2.45) is 11.8 Å². The zero-order valence-electron chi connectivity index (χ0n) is 19.5. The van der Waals surface area contributed by atoms with Crippen LogP contribution in [0.25, 0.3) is 11.4 Å². The molecule has 7 nitrogen and oxygen atoms in total. The summed E-state index contributed by atoms with van der Waals surface area (Å²) in [6.07, 6.45) is 6.25. The molecule has 2 aliphatic heterocycles. The van der Waals surface area contributed by atoms with Crippen LogP contribution in [0, 0.1) is 18.8 Å². The summed E-state index contributed by atoms with van der Waals surface area (Å²) in [4.78, 5) is 41.6. The second-order valence-corrected chi connectivity index (χ2v) is 10.1. The largest absolute Gasteiger partial charge is 0.460 e. The third-order valence-corrected chi connectivity index (χ3v) is 6.59. The van der Waals surface area contributed by atoms with Crippen LogP contribution in [-0.4, -0.2) is 49.4 Å². The minimum atomic E-state index is -0.511. The van der Waals surface area contributed by atoms with Crippen LogP contribution < -0.4 is 0 Å². The topological polar surface area (TPSA) is 85.3 Å². The van der Waals surface area contributed by atoms with Crippen LogP contribution in [0.4, 0.5) is 0 Å². The van der Waals surface area contributed by atoms with Gasteiger partial charge in [0.05, 0.1) is 5.56 Å². The standard InChI is InChI=1S/C25H32N4O3/c1-15-7-8-19(23-26-11-6-12-27-23)22(28-15)24(31)29-18-13-17(14-18)16(2)20(29)9-10-21(30)32-25(3,4)5/h6-8,11-12,16-18,20H,9-10,13-14H2,1-5H3/t16-,17?,18?,20-/m1/s1. The second-order valence-electron chi connectivity index (χ2n) is 10.1. The van der Waals surface area contributed by atoms with Gasteiger partial charge in [-0.25, -0.2) is 15.0 Å².